The number of nitro groups is 1. The summed E-state index contributed by atoms with van der Waals surface area (Å²) in [6.07, 6.45) is 2.40. The van der Waals surface area contributed by atoms with Crippen LogP contribution in [0, 0.1) is 22.0 Å². The molecule has 0 spiro atoms. The van der Waals surface area contributed by atoms with Crippen molar-refractivity contribution in [2.45, 2.75) is 33.2 Å². The highest BCUT2D eigenvalue weighted by atomic mass is 16.6. The average molecular weight is 277 g/mol. The molecule has 0 bridgehead atoms. The smallest absolute Gasteiger partial charge is 0.292 e. The van der Waals surface area contributed by atoms with Crippen molar-refractivity contribution in [3.05, 3.63) is 33.9 Å². The topological polar surface area (TPSA) is 72.4 Å². The predicted octanol–water partition coefficient (Wildman–Crippen LogP) is 3.05. The van der Waals surface area contributed by atoms with Gasteiger partial charge in [0.1, 0.15) is 5.69 Å². The maximum absolute atomic E-state index is 10.9. The highest BCUT2D eigenvalue weighted by Crippen LogP contribution is 2.29. The van der Waals surface area contributed by atoms with Gasteiger partial charge < -0.3 is 5.73 Å². The van der Waals surface area contributed by atoms with Gasteiger partial charge in [-0.3, -0.25) is 15.0 Å². The van der Waals surface area contributed by atoms with Crippen LogP contribution in [0.25, 0.3) is 0 Å². The van der Waals surface area contributed by atoms with Gasteiger partial charge in [0, 0.05) is 12.6 Å². The van der Waals surface area contributed by atoms with Crippen molar-refractivity contribution in [3.63, 3.8) is 0 Å². The number of nitro benzene ring substituents is 1. The van der Waals surface area contributed by atoms with Crippen LogP contribution < -0.4 is 5.73 Å². The third kappa shape index (κ3) is 3.28. The Morgan fingerprint density at radius 2 is 2.05 bits per heavy atom. The fourth-order valence-electron chi connectivity index (χ4n) is 2.92. The molecule has 2 rings (SSSR count). The SMILES string of the molecule is CC(C)C1CCN(Cc2cccc([N+](=O)[O-])c2N)CC1. The van der Waals surface area contributed by atoms with Crippen LogP contribution in [-0.2, 0) is 6.54 Å². The zero-order valence-electron chi connectivity index (χ0n) is 12.2. The molecule has 5 heteroatoms. The summed E-state index contributed by atoms with van der Waals surface area (Å²) in [5.41, 5.74) is 7.09. The first-order valence-electron chi connectivity index (χ1n) is 7.23. The number of nitrogens with two attached hydrogens (primary N) is 1. The maximum Gasteiger partial charge on any atom is 0.292 e. The minimum absolute atomic E-state index is 0.0135. The Labute approximate surface area is 119 Å². The molecule has 0 radical (unpaired) electrons. The monoisotopic (exact) mass is 277 g/mol. The van der Waals surface area contributed by atoms with E-state index in [0.717, 1.165) is 30.5 Å². The van der Waals surface area contributed by atoms with Gasteiger partial charge >= 0.3 is 0 Å². The van der Waals surface area contributed by atoms with Crippen LogP contribution in [0.4, 0.5) is 11.4 Å². The van der Waals surface area contributed by atoms with E-state index in [1.54, 1.807) is 6.07 Å². The van der Waals surface area contributed by atoms with Crippen molar-refractivity contribution in [2.24, 2.45) is 11.8 Å². The van der Waals surface area contributed by atoms with Crippen LogP contribution in [0.15, 0.2) is 18.2 Å². The lowest BCUT2D eigenvalue weighted by atomic mass is 9.86. The van der Waals surface area contributed by atoms with Crippen molar-refractivity contribution >= 4 is 11.4 Å². The molecule has 1 aliphatic rings. The summed E-state index contributed by atoms with van der Waals surface area (Å²) in [6, 6.07) is 5.06. The molecule has 20 heavy (non-hydrogen) atoms. The van der Waals surface area contributed by atoms with E-state index in [1.807, 2.05) is 6.07 Å². The molecule has 0 aliphatic carbocycles. The average Bonchev–Trinajstić information content (AvgIpc) is 2.41. The van der Waals surface area contributed by atoms with Crippen LogP contribution >= 0.6 is 0 Å². The Bertz CT molecular complexity index is 480. The number of nitrogens with zero attached hydrogens (tertiary/aromatic N) is 2. The predicted molar refractivity (Wildman–Crippen MR) is 80.3 cm³/mol. The Kier molecular flexibility index (Phi) is 4.60. The first-order valence-corrected chi connectivity index (χ1v) is 7.23. The van der Waals surface area contributed by atoms with E-state index in [-0.39, 0.29) is 5.69 Å². The molecule has 1 saturated heterocycles. The molecule has 5 nitrogen and oxygen atoms in total. The molecule has 1 fully saturated rings. The summed E-state index contributed by atoms with van der Waals surface area (Å²) in [5, 5.41) is 10.9. The second-order valence-electron chi connectivity index (χ2n) is 5.96. The zero-order chi connectivity index (χ0) is 14.7. The van der Waals surface area contributed by atoms with Crippen molar-refractivity contribution in [2.75, 3.05) is 18.8 Å². The minimum atomic E-state index is -0.413. The second-order valence-corrected chi connectivity index (χ2v) is 5.96. The molecule has 1 aromatic rings. The largest absolute Gasteiger partial charge is 0.393 e. The lowest BCUT2D eigenvalue weighted by Crippen LogP contribution is -2.34. The van der Waals surface area contributed by atoms with Crippen LogP contribution in [-0.4, -0.2) is 22.9 Å². The third-order valence-corrected chi connectivity index (χ3v) is 4.34. The van der Waals surface area contributed by atoms with Crippen molar-refractivity contribution < 1.29 is 4.92 Å². The third-order valence-electron chi connectivity index (χ3n) is 4.34. The van der Waals surface area contributed by atoms with Gasteiger partial charge in [0.2, 0.25) is 0 Å². The number of likely N-dealkylation sites (tertiary alicyclic amines) is 1. The molecule has 0 saturated carbocycles. The van der Waals surface area contributed by atoms with Gasteiger partial charge in [-0.05, 0) is 43.3 Å². The van der Waals surface area contributed by atoms with Crippen molar-refractivity contribution in [1.82, 2.24) is 4.90 Å². The molecule has 1 aliphatic heterocycles. The van der Waals surface area contributed by atoms with E-state index in [2.05, 4.69) is 18.7 Å². The number of rotatable bonds is 4. The van der Waals surface area contributed by atoms with Gasteiger partial charge in [-0.15, -0.1) is 0 Å². The first-order chi connectivity index (χ1) is 9.49. The summed E-state index contributed by atoms with van der Waals surface area (Å²) in [5.74, 6) is 1.54. The van der Waals surface area contributed by atoms with Gasteiger partial charge in [0.25, 0.3) is 5.69 Å². The Hall–Kier alpha value is -1.62. The van der Waals surface area contributed by atoms with Crippen LogP contribution in [0.5, 0.6) is 0 Å². The molecule has 0 aromatic heterocycles. The second kappa shape index (κ2) is 6.22. The van der Waals surface area contributed by atoms with Crippen LogP contribution in [0.1, 0.15) is 32.3 Å². The zero-order valence-corrected chi connectivity index (χ0v) is 12.2. The number of benzene rings is 1. The molecule has 110 valence electrons. The highest BCUT2D eigenvalue weighted by molar-refractivity contribution is 5.62. The van der Waals surface area contributed by atoms with Gasteiger partial charge in [0.05, 0.1) is 4.92 Å². The summed E-state index contributed by atoms with van der Waals surface area (Å²) >= 11 is 0. The number of hydrogen-bond acceptors (Lipinski definition) is 4. The normalized spacial score (nSPS) is 17.6. The van der Waals surface area contributed by atoms with Gasteiger partial charge in [-0.25, -0.2) is 0 Å². The van der Waals surface area contributed by atoms with Crippen LogP contribution in [0.2, 0.25) is 0 Å². The minimum Gasteiger partial charge on any atom is -0.393 e. The standard InChI is InChI=1S/C15H23N3O2/c1-11(2)12-6-8-17(9-7-12)10-13-4-3-5-14(15(13)16)18(19)20/h3-5,11-12H,6-10,16H2,1-2H3. The van der Waals surface area contributed by atoms with Gasteiger partial charge in [-0.2, -0.15) is 0 Å². The van der Waals surface area contributed by atoms with E-state index < -0.39 is 4.92 Å². The number of nitrogen functional groups attached to an aromatic ring is 1. The van der Waals surface area contributed by atoms with Crippen molar-refractivity contribution in [3.8, 4) is 0 Å². The summed E-state index contributed by atoms with van der Waals surface area (Å²) in [4.78, 5) is 12.8. The lowest BCUT2D eigenvalue weighted by molar-refractivity contribution is -0.384. The molecule has 0 unspecified atom stereocenters. The molecule has 0 atom stereocenters. The fourth-order valence-corrected chi connectivity index (χ4v) is 2.92. The first kappa shape index (κ1) is 14.8. The molecular weight excluding hydrogens is 254 g/mol. The number of piperidine rings is 1. The fraction of sp³-hybridized carbons (Fsp3) is 0.600. The molecule has 2 N–H and O–H groups in total. The molecular formula is C15H23N3O2. The summed E-state index contributed by atoms with van der Waals surface area (Å²) in [6.45, 7) is 7.35. The van der Waals surface area contributed by atoms with E-state index >= 15 is 0 Å². The Morgan fingerprint density at radius 3 is 2.60 bits per heavy atom. The maximum atomic E-state index is 10.9. The number of anilines is 1. The van der Waals surface area contributed by atoms with E-state index in [4.69, 9.17) is 5.73 Å². The Balaban J connectivity index is 2.01. The van der Waals surface area contributed by atoms with E-state index in [9.17, 15) is 10.1 Å². The van der Waals surface area contributed by atoms with Crippen LogP contribution in [0.3, 0.4) is 0 Å². The van der Waals surface area contributed by atoms with Gasteiger partial charge in [0.15, 0.2) is 0 Å². The quantitative estimate of drug-likeness (QED) is 0.521. The van der Waals surface area contributed by atoms with E-state index in [1.165, 1.54) is 18.9 Å². The lowest BCUT2D eigenvalue weighted by Gasteiger charge is -2.34. The van der Waals surface area contributed by atoms with Crippen molar-refractivity contribution in [1.29, 1.82) is 0 Å². The molecule has 0 amide bonds. The van der Waals surface area contributed by atoms with E-state index in [0.29, 0.717) is 12.2 Å². The highest BCUT2D eigenvalue weighted by Gasteiger charge is 2.23. The summed E-state index contributed by atoms with van der Waals surface area (Å²) < 4.78 is 0. The Morgan fingerprint density at radius 1 is 1.40 bits per heavy atom. The molecule has 1 heterocycles. The number of para-hydroxylation sites is 1. The number of hydrogen-bond donors (Lipinski definition) is 1. The molecule has 1 aromatic carbocycles. The summed E-state index contributed by atoms with van der Waals surface area (Å²) in [7, 11) is 0. The van der Waals surface area contributed by atoms with Gasteiger partial charge in [-0.1, -0.05) is 26.0 Å².